The number of rotatable bonds is 7. The zero-order valence-corrected chi connectivity index (χ0v) is 19.6. The minimum Gasteiger partial charge on any atom is -0.491 e. The van der Waals surface area contributed by atoms with Crippen molar-refractivity contribution in [2.45, 2.75) is 66.2 Å². The molecule has 168 valence electrons. The molecule has 31 heavy (non-hydrogen) atoms. The van der Waals surface area contributed by atoms with Crippen molar-refractivity contribution in [1.82, 2.24) is 15.2 Å². The van der Waals surface area contributed by atoms with Crippen molar-refractivity contribution in [2.24, 2.45) is 11.3 Å². The Hall–Kier alpha value is -2.40. The molecule has 1 saturated heterocycles. The highest BCUT2D eigenvalue weighted by molar-refractivity contribution is 5.81. The van der Waals surface area contributed by atoms with Gasteiger partial charge in [0.05, 0.1) is 17.8 Å². The maximum Gasteiger partial charge on any atom is 0.225 e. The molecule has 1 N–H and O–H groups in total. The van der Waals surface area contributed by atoms with Gasteiger partial charge in [-0.05, 0) is 69.0 Å². The fourth-order valence-corrected chi connectivity index (χ4v) is 4.06. The molecule has 5 nitrogen and oxygen atoms in total. The van der Waals surface area contributed by atoms with Crippen molar-refractivity contribution in [3.05, 3.63) is 59.9 Å². The second-order valence-electron chi connectivity index (χ2n) is 9.90. The van der Waals surface area contributed by atoms with Crippen LogP contribution in [0, 0.1) is 11.3 Å². The summed E-state index contributed by atoms with van der Waals surface area (Å²) < 4.78 is 5.76. The first-order valence-corrected chi connectivity index (χ1v) is 11.4. The van der Waals surface area contributed by atoms with Crippen LogP contribution in [-0.4, -0.2) is 35.0 Å². The second-order valence-corrected chi connectivity index (χ2v) is 9.90. The summed E-state index contributed by atoms with van der Waals surface area (Å²) in [5.41, 5.74) is 1.80. The second kappa shape index (κ2) is 10.3. The summed E-state index contributed by atoms with van der Waals surface area (Å²) in [6.45, 7) is 12.9. The normalized spacial score (nSPS) is 18.6. The number of hydrogen-bond acceptors (Lipinski definition) is 4. The predicted molar refractivity (Wildman–Crippen MR) is 125 cm³/mol. The van der Waals surface area contributed by atoms with Gasteiger partial charge in [-0.15, -0.1) is 0 Å². The highest BCUT2D eigenvalue weighted by atomic mass is 16.5. The Morgan fingerprint density at radius 2 is 1.94 bits per heavy atom. The van der Waals surface area contributed by atoms with Gasteiger partial charge >= 0.3 is 0 Å². The molecule has 5 heteroatoms. The van der Waals surface area contributed by atoms with Crippen LogP contribution in [0.2, 0.25) is 0 Å². The van der Waals surface area contributed by atoms with Crippen molar-refractivity contribution >= 4 is 5.91 Å². The van der Waals surface area contributed by atoms with E-state index in [1.807, 2.05) is 59.0 Å². The van der Waals surface area contributed by atoms with E-state index in [-0.39, 0.29) is 18.1 Å². The van der Waals surface area contributed by atoms with Crippen molar-refractivity contribution in [3.8, 4) is 5.75 Å². The van der Waals surface area contributed by atoms with Gasteiger partial charge in [0.2, 0.25) is 5.91 Å². The third-order valence-electron chi connectivity index (χ3n) is 5.69. The van der Waals surface area contributed by atoms with Crippen molar-refractivity contribution in [3.63, 3.8) is 0 Å². The van der Waals surface area contributed by atoms with E-state index >= 15 is 0 Å². The Morgan fingerprint density at radius 3 is 2.55 bits per heavy atom. The Balaban J connectivity index is 1.70. The molecular weight excluding hydrogens is 386 g/mol. The zero-order chi connectivity index (χ0) is 22.4. The molecule has 0 unspecified atom stereocenters. The molecule has 2 aromatic rings. The Labute approximate surface area is 187 Å². The van der Waals surface area contributed by atoms with Crippen LogP contribution in [0.1, 0.15) is 64.8 Å². The maximum atomic E-state index is 12.8. The smallest absolute Gasteiger partial charge is 0.225 e. The van der Waals surface area contributed by atoms with E-state index < -0.39 is 5.41 Å². The van der Waals surface area contributed by atoms with E-state index in [0.717, 1.165) is 43.9 Å². The summed E-state index contributed by atoms with van der Waals surface area (Å²) in [6, 6.07) is 14.3. The lowest BCUT2D eigenvalue weighted by atomic mass is 9.86. The summed E-state index contributed by atoms with van der Waals surface area (Å²) >= 11 is 0. The van der Waals surface area contributed by atoms with Gasteiger partial charge in [-0.2, -0.15) is 0 Å². The first-order valence-electron chi connectivity index (χ1n) is 11.4. The van der Waals surface area contributed by atoms with Gasteiger partial charge in [-0.25, -0.2) is 0 Å². The molecule has 0 spiro atoms. The van der Waals surface area contributed by atoms with Crippen molar-refractivity contribution in [2.75, 3.05) is 13.1 Å². The first kappa shape index (κ1) is 23.3. The number of amides is 1. The number of carbonyl (C=O) groups excluding carboxylic acids is 1. The largest absolute Gasteiger partial charge is 0.491 e. The summed E-state index contributed by atoms with van der Waals surface area (Å²) in [6.07, 6.45) is 4.20. The lowest BCUT2D eigenvalue weighted by molar-refractivity contribution is -0.130. The molecule has 1 aliphatic rings. The maximum absolute atomic E-state index is 12.8. The summed E-state index contributed by atoms with van der Waals surface area (Å²) in [5.74, 6) is 1.31. The molecule has 3 rings (SSSR count). The third kappa shape index (κ3) is 6.79. The van der Waals surface area contributed by atoms with E-state index in [0.29, 0.717) is 5.92 Å². The number of benzene rings is 1. The molecule has 1 amide bonds. The quantitative estimate of drug-likeness (QED) is 0.682. The summed E-state index contributed by atoms with van der Waals surface area (Å²) in [4.78, 5) is 19.9. The molecule has 0 radical (unpaired) electrons. The van der Waals surface area contributed by atoms with Gasteiger partial charge < -0.3 is 10.1 Å². The lowest BCUT2D eigenvalue weighted by Gasteiger charge is -2.38. The van der Waals surface area contributed by atoms with Crippen LogP contribution in [0.15, 0.2) is 48.7 Å². The van der Waals surface area contributed by atoms with Crippen LogP contribution in [-0.2, 0) is 11.3 Å². The Kier molecular flexibility index (Phi) is 7.71. The third-order valence-corrected chi connectivity index (χ3v) is 5.69. The predicted octanol–water partition coefficient (Wildman–Crippen LogP) is 4.98. The van der Waals surface area contributed by atoms with Crippen molar-refractivity contribution in [1.29, 1.82) is 0 Å². The molecular formula is C26H37N3O2. The minimum atomic E-state index is -0.429. The molecule has 1 aromatic heterocycles. The fourth-order valence-electron chi connectivity index (χ4n) is 4.06. The van der Waals surface area contributed by atoms with E-state index in [1.165, 1.54) is 5.56 Å². The molecule has 2 atom stereocenters. The van der Waals surface area contributed by atoms with Gasteiger partial charge in [0, 0.05) is 24.7 Å². The molecule has 1 aliphatic heterocycles. The number of aromatic nitrogens is 1. The molecule has 0 saturated carbocycles. The average molecular weight is 424 g/mol. The summed E-state index contributed by atoms with van der Waals surface area (Å²) in [7, 11) is 0. The number of nitrogens with one attached hydrogen (secondary N) is 1. The van der Waals surface area contributed by atoms with Crippen LogP contribution >= 0.6 is 0 Å². The molecule has 1 aromatic carbocycles. The van der Waals surface area contributed by atoms with E-state index in [1.54, 1.807) is 0 Å². The number of hydrogen-bond donors (Lipinski definition) is 1. The Bertz CT molecular complexity index is 828. The molecule has 0 bridgehead atoms. The standard InChI is InChI=1S/C26H37N3O2/c1-19(2)31-22-13-11-20(12-14-22)17-29-16-8-9-21(18-29)24(23-10-6-7-15-27-23)28-25(30)26(3,4)5/h6-7,10-15,19,21,24H,8-9,16-18H2,1-5H3,(H,28,30)/t21-,24-/m0/s1. The van der Waals surface area contributed by atoms with Crippen LogP contribution < -0.4 is 10.1 Å². The van der Waals surface area contributed by atoms with Gasteiger partial charge in [-0.1, -0.05) is 39.0 Å². The highest BCUT2D eigenvalue weighted by Crippen LogP contribution is 2.31. The average Bonchev–Trinajstić information content (AvgIpc) is 2.73. The first-order chi connectivity index (χ1) is 14.7. The van der Waals surface area contributed by atoms with E-state index in [2.05, 4.69) is 39.5 Å². The van der Waals surface area contributed by atoms with Crippen LogP contribution in [0.3, 0.4) is 0 Å². The van der Waals surface area contributed by atoms with E-state index in [4.69, 9.17) is 4.74 Å². The summed E-state index contributed by atoms with van der Waals surface area (Å²) in [5, 5.41) is 3.31. The number of likely N-dealkylation sites (tertiary alicyclic amines) is 1. The van der Waals surface area contributed by atoms with Crippen LogP contribution in [0.5, 0.6) is 5.75 Å². The number of piperidine rings is 1. The number of carbonyl (C=O) groups is 1. The topological polar surface area (TPSA) is 54.5 Å². The van der Waals surface area contributed by atoms with Gasteiger partial charge in [-0.3, -0.25) is 14.7 Å². The minimum absolute atomic E-state index is 0.0704. The van der Waals surface area contributed by atoms with E-state index in [9.17, 15) is 4.79 Å². The lowest BCUT2D eigenvalue weighted by Crippen LogP contribution is -2.45. The SMILES string of the molecule is CC(C)Oc1ccc(CN2CCC[C@H]([C@H](NC(=O)C(C)(C)C)c3ccccn3)C2)cc1. The van der Waals surface area contributed by atoms with Crippen LogP contribution in [0.25, 0.3) is 0 Å². The number of nitrogens with zero attached hydrogens (tertiary/aromatic N) is 2. The Morgan fingerprint density at radius 1 is 1.19 bits per heavy atom. The zero-order valence-electron chi connectivity index (χ0n) is 19.6. The van der Waals surface area contributed by atoms with Crippen LogP contribution in [0.4, 0.5) is 0 Å². The number of pyridine rings is 1. The fraction of sp³-hybridized carbons (Fsp3) is 0.538. The monoisotopic (exact) mass is 423 g/mol. The van der Waals surface area contributed by atoms with Gasteiger partial charge in [0.1, 0.15) is 5.75 Å². The van der Waals surface area contributed by atoms with Gasteiger partial charge in [0.15, 0.2) is 0 Å². The molecule has 0 aliphatic carbocycles. The van der Waals surface area contributed by atoms with Crippen molar-refractivity contribution < 1.29 is 9.53 Å². The number of ether oxygens (including phenoxy) is 1. The molecule has 1 fully saturated rings. The molecule has 2 heterocycles. The van der Waals surface area contributed by atoms with Gasteiger partial charge in [0.25, 0.3) is 0 Å². The highest BCUT2D eigenvalue weighted by Gasteiger charge is 2.33.